The quantitative estimate of drug-likeness (QED) is 0.519. The van der Waals surface area contributed by atoms with Gasteiger partial charge in [-0.2, -0.15) is 13.2 Å². The maximum absolute atomic E-state index is 13.6. The van der Waals surface area contributed by atoms with Gasteiger partial charge in [-0.05, 0) is 56.2 Å². The van der Waals surface area contributed by atoms with Crippen LogP contribution in [0.4, 0.5) is 23.8 Å². The second-order valence-electron chi connectivity index (χ2n) is 7.88. The number of aromatic nitrogens is 2. The molecular formula is C23H22F3N3O3. The number of hydrogen-bond donors (Lipinski definition) is 1. The lowest BCUT2D eigenvalue weighted by Gasteiger charge is -2.22. The van der Waals surface area contributed by atoms with Crippen LogP contribution >= 0.6 is 0 Å². The minimum absolute atomic E-state index is 0.0671. The highest BCUT2D eigenvalue weighted by Crippen LogP contribution is 2.38. The molecule has 9 heteroatoms. The van der Waals surface area contributed by atoms with E-state index in [9.17, 15) is 18.0 Å². The Bertz CT molecular complexity index is 1130. The molecule has 0 saturated heterocycles. The van der Waals surface area contributed by atoms with Crippen molar-refractivity contribution in [2.75, 3.05) is 12.4 Å². The van der Waals surface area contributed by atoms with E-state index in [4.69, 9.17) is 4.74 Å². The number of benzene rings is 1. The predicted octanol–water partition coefficient (Wildman–Crippen LogP) is 6.19. The van der Waals surface area contributed by atoms with E-state index in [1.54, 1.807) is 18.2 Å². The molecular weight excluding hydrogens is 423 g/mol. The third-order valence-electron chi connectivity index (χ3n) is 4.23. The third-order valence-corrected chi connectivity index (χ3v) is 4.23. The Kier molecular flexibility index (Phi) is 6.38. The fourth-order valence-electron chi connectivity index (χ4n) is 2.96. The molecule has 1 aromatic carbocycles. The fourth-order valence-corrected chi connectivity index (χ4v) is 2.96. The van der Waals surface area contributed by atoms with Crippen molar-refractivity contribution in [2.45, 2.75) is 32.5 Å². The largest absolute Gasteiger partial charge is 0.472 e. The number of nitrogens with one attached hydrogen (secondary N) is 1. The second kappa shape index (κ2) is 8.86. The van der Waals surface area contributed by atoms with E-state index < -0.39 is 23.4 Å². The van der Waals surface area contributed by atoms with Gasteiger partial charge in [-0.3, -0.25) is 5.32 Å². The zero-order valence-corrected chi connectivity index (χ0v) is 17.9. The summed E-state index contributed by atoms with van der Waals surface area (Å²) in [5.41, 5.74) is -0.243. The number of rotatable bonds is 4. The molecule has 0 fully saturated rings. The maximum Gasteiger partial charge on any atom is 0.417 e. The zero-order valence-electron chi connectivity index (χ0n) is 17.9. The third kappa shape index (κ3) is 5.75. The van der Waals surface area contributed by atoms with Gasteiger partial charge in [-0.15, -0.1) is 0 Å². The topological polar surface area (TPSA) is 73.3 Å². The molecule has 3 rings (SSSR count). The van der Waals surface area contributed by atoms with Crippen molar-refractivity contribution in [1.29, 1.82) is 0 Å². The average Bonchev–Trinajstić information content (AvgIpc) is 2.72. The lowest BCUT2D eigenvalue weighted by molar-refractivity contribution is -0.137. The van der Waals surface area contributed by atoms with Crippen molar-refractivity contribution >= 4 is 11.9 Å². The molecule has 0 aliphatic carbocycles. The molecule has 0 aliphatic heterocycles. The number of pyridine rings is 2. The van der Waals surface area contributed by atoms with Gasteiger partial charge in [-0.1, -0.05) is 18.2 Å². The molecule has 0 spiro atoms. The van der Waals surface area contributed by atoms with E-state index >= 15 is 0 Å². The van der Waals surface area contributed by atoms with Crippen molar-refractivity contribution in [3.63, 3.8) is 0 Å². The Morgan fingerprint density at radius 3 is 2.38 bits per heavy atom. The summed E-state index contributed by atoms with van der Waals surface area (Å²) in [4.78, 5) is 19.9. The van der Waals surface area contributed by atoms with Crippen LogP contribution in [0.3, 0.4) is 0 Å². The summed E-state index contributed by atoms with van der Waals surface area (Å²) in [5.74, 6) is 0.392. The van der Waals surface area contributed by atoms with Crippen LogP contribution in [0, 0.1) is 0 Å². The predicted molar refractivity (Wildman–Crippen MR) is 114 cm³/mol. The van der Waals surface area contributed by atoms with Gasteiger partial charge in [0, 0.05) is 17.8 Å². The van der Waals surface area contributed by atoms with E-state index in [1.807, 2.05) is 20.8 Å². The summed E-state index contributed by atoms with van der Waals surface area (Å²) < 4.78 is 51.3. The fraction of sp³-hybridized carbons (Fsp3) is 0.261. The van der Waals surface area contributed by atoms with Gasteiger partial charge in [0.25, 0.3) is 0 Å². The number of amides is 1. The number of ether oxygens (including phenoxy) is 2. The van der Waals surface area contributed by atoms with Crippen molar-refractivity contribution in [2.24, 2.45) is 0 Å². The molecule has 6 nitrogen and oxygen atoms in total. The summed E-state index contributed by atoms with van der Waals surface area (Å²) in [6.07, 6.45) is -3.77. The van der Waals surface area contributed by atoms with Gasteiger partial charge in [-0.25, -0.2) is 14.8 Å². The zero-order chi connectivity index (χ0) is 23.5. The molecule has 168 valence electrons. The molecule has 0 bridgehead atoms. The second-order valence-corrected chi connectivity index (χ2v) is 7.88. The lowest BCUT2D eigenvalue weighted by Crippen LogP contribution is -2.23. The molecule has 1 amide bonds. The van der Waals surface area contributed by atoms with E-state index in [0.29, 0.717) is 11.1 Å². The Hall–Kier alpha value is -3.62. The highest BCUT2D eigenvalue weighted by Gasteiger charge is 2.34. The number of methoxy groups -OCH3 is 1. The molecule has 2 aromatic heterocycles. The number of anilines is 1. The summed E-state index contributed by atoms with van der Waals surface area (Å²) in [6.45, 7) is 5.44. The van der Waals surface area contributed by atoms with Crippen LogP contribution in [0.15, 0.2) is 54.7 Å². The average molecular weight is 445 g/mol. The normalized spacial score (nSPS) is 11.7. The SMILES string of the molecule is COC(=O)Nc1cc(-c2cc(OC(C)(C)C)nc(-c3ccccc3C(F)(F)F)c2)ccn1. The molecule has 0 unspecified atom stereocenters. The van der Waals surface area contributed by atoms with Crippen LogP contribution in [-0.2, 0) is 10.9 Å². The number of halogens is 3. The van der Waals surface area contributed by atoms with Crippen LogP contribution in [0.5, 0.6) is 5.88 Å². The lowest BCUT2D eigenvalue weighted by atomic mass is 10.00. The molecule has 32 heavy (non-hydrogen) atoms. The Balaban J connectivity index is 2.16. The van der Waals surface area contributed by atoms with Crippen LogP contribution in [0.2, 0.25) is 0 Å². The number of hydrogen-bond acceptors (Lipinski definition) is 5. The maximum atomic E-state index is 13.6. The summed E-state index contributed by atoms with van der Waals surface area (Å²) in [5, 5.41) is 2.46. The van der Waals surface area contributed by atoms with Crippen LogP contribution in [0.1, 0.15) is 26.3 Å². The summed E-state index contributed by atoms with van der Waals surface area (Å²) >= 11 is 0. The molecule has 0 saturated carbocycles. The van der Waals surface area contributed by atoms with Gasteiger partial charge in [0.1, 0.15) is 11.4 Å². The Labute approximate surface area is 183 Å². The smallest absolute Gasteiger partial charge is 0.417 e. The minimum atomic E-state index is -4.55. The first-order chi connectivity index (χ1) is 15.0. The molecule has 0 aliphatic rings. The summed E-state index contributed by atoms with van der Waals surface area (Å²) in [6, 6.07) is 11.6. The van der Waals surface area contributed by atoms with Gasteiger partial charge < -0.3 is 9.47 Å². The first-order valence-electron chi connectivity index (χ1n) is 9.65. The highest BCUT2D eigenvalue weighted by molar-refractivity contribution is 5.84. The number of carbonyl (C=O) groups excluding carboxylic acids is 1. The van der Waals surface area contributed by atoms with Crippen molar-refractivity contribution in [3.05, 3.63) is 60.3 Å². The molecule has 1 N–H and O–H groups in total. The van der Waals surface area contributed by atoms with Crippen LogP contribution < -0.4 is 10.1 Å². The number of carbonyl (C=O) groups is 1. The molecule has 0 radical (unpaired) electrons. The van der Waals surface area contributed by atoms with E-state index in [-0.39, 0.29) is 23.0 Å². The van der Waals surface area contributed by atoms with E-state index in [0.717, 1.165) is 6.07 Å². The van der Waals surface area contributed by atoms with Gasteiger partial charge in [0.2, 0.25) is 5.88 Å². The Morgan fingerprint density at radius 1 is 1.00 bits per heavy atom. The van der Waals surface area contributed by atoms with Crippen molar-refractivity contribution in [1.82, 2.24) is 9.97 Å². The van der Waals surface area contributed by atoms with Gasteiger partial charge >= 0.3 is 12.3 Å². The molecule has 2 heterocycles. The first-order valence-corrected chi connectivity index (χ1v) is 9.65. The number of alkyl halides is 3. The van der Waals surface area contributed by atoms with Crippen molar-refractivity contribution < 1.29 is 27.4 Å². The van der Waals surface area contributed by atoms with Crippen molar-refractivity contribution in [3.8, 4) is 28.3 Å². The standard InChI is InChI=1S/C23H22F3N3O3/c1-22(2,3)32-20-13-15(14-9-10-27-19(12-14)29-21(30)31-4)11-18(28-20)16-7-5-6-8-17(16)23(24,25)26/h5-13H,1-4H3,(H,27,29,30). The summed E-state index contributed by atoms with van der Waals surface area (Å²) in [7, 11) is 1.22. The molecule has 3 aromatic rings. The molecule has 0 atom stereocenters. The Morgan fingerprint density at radius 2 is 1.72 bits per heavy atom. The number of nitrogens with zero attached hydrogens (tertiary/aromatic N) is 2. The van der Waals surface area contributed by atoms with Gasteiger partial charge in [0.05, 0.1) is 18.4 Å². The monoisotopic (exact) mass is 445 g/mol. The van der Waals surface area contributed by atoms with Gasteiger partial charge in [0.15, 0.2) is 0 Å². The van der Waals surface area contributed by atoms with E-state index in [1.165, 1.54) is 37.6 Å². The first kappa shape index (κ1) is 23.1. The van der Waals surface area contributed by atoms with Crippen LogP contribution in [0.25, 0.3) is 22.4 Å². The van der Waals surface area contributed by atoms with Crippen LogP contribution in [-0.4, -0.2) is 28.8 Å². The highest BCUT2D eigenvalue weighted by atomic mass is 19.4. The minimum Gasteiger partial charge on any atom is -0.472 e. The van der Waals surface area contributed by atoms with E-state index in [2.05, 4.69) is 20.0 Å².